The summed E-state index contributed by atoms with van der Waals surface area (Å²) in [6.45, 7) is 4.03. The normalized spacial score (nSPS) is 12.8. The number of para-hydroxylation sites is 1. The summed E-state index contributed by atoms with van der Waals surface area (Å²) < 4.78 is 5.78. The third-order valence-electron chi connectivity index (χ3n) is 2.48. The molecule has 0 bridgehead atoms. The van der Waals surface area contributed by atoms with Gasteiger partial charge < -0.3 is 4.74 Å². The van der Waals surface area contributed by atoms with E-state index in [0.29, 0.717) is 5.88 Å². The van der Waals surface area contributed by atoms with Crippen LogP contribution >= 0.6 is 11.6 Å². The molecule has 1 aromatic rings. The molecule has 96 valence electrons. The molecule has 3 N–H and O–H groups in total. The van der Waals surface area contributed by atoms with E-state index in [4.69, 9.17) is 22.2 Å². The molecule has 0 spiro atoms. The maximum atomic E-state index is 5.78. The van der Waals surface area contributed by atoms with Crippen molar-refractivity contribution in [2.24, 2.45) is 5.84 Å². The second-order valence-corrected chi connectivity index (χ2v) is 4.63. The number of rotatable bonds is 7. The maximum Gasteiger partial charge on any atom is 0.124 e. The molecule has 0 aromatic heterocycles. The minimum Gasteiger partial charge on any atom is -0.491 e. The SMILES string of the molecule is CC(C)Oc1ccccc1C(CCCCl)NN. The van der Waals surface area contributed by atoms with Crippen LogP contribution in [-0.2, 0) is 0 Å². The Labute approximate surface area is 108 Å². The molecule has 0 fully saturated rings. The van der Waals surface area contributed by atoms with Crippen molar-refractivity contribution < 1.29 is 4.74 Å². The van der Waals surface area contributed by atoms with Gasteiger partial charge in [-0.05, 0) is 32.8 Å². The highest BCUT2D eigenvalue weighted by molar-refractivity contribution is 6.17. The highest BCUT2D eigenvalue weighted by Gasteiger charge is 2.14. The third-order valence-corrected chi connectivity index (χ3v) is 2.75. The molecule has 0 amide bonds. The van der Waals surface area contributed by atoms with Crippen molar-refractivity contribution >= 4 is 11.6 Å². The highest BCUT2D eigenvalue weighted by Crippen LogP contribution is 2.28. The van der Waals surface area contributed by atoms with Gasteiger partial charge in [-0.15, -0.1) is 11.6 Å². The van der Waals surface area contributed by atoms with E-state index in [-0.39, 0.29) is 12.1 Å². The molecular formula is C13H21ClN2O. The number of halogens is 1. The monoisotopic (exact) mass is 256 g/mol. The molecule has 1 rings (SSSR count). The number of hydrazine groups is 1. The van der Waals surface area contributed by atoms with Gasteiger partial charge in [-0.1, -0.05) is 18.2 Å². The molecule has 0 aliphatic rings. The largest absolute Gasteiger partial charge is 0.491 e. The summed E-state index contributed by atoms with van der Waals surface area (Å²) in [4.78, 5) is 0. The number of hydrogen-bond donors (Lipinski definition) is 2. The van der Waals surface area contributed by atoms with Crippen molar-refractivity contribution in [1.29, 1.82) is 0 Å². The van der Waals surface area contributed by atoms with Crippen LogP contribution in [0, 0.1) is 0 Å². The number of benzene rings is 1. The first-order chi connectivity index (χ1) is 8.19. The van der Waals surface area contributed by atoms with Crippen LogP contribution < -0.4 is 16.0 Å². The topological polar surface area (TPSA) is 47.3 Å². The summed E-state index contributed by atoms with van der Waals surface area (Å²) in [6.07, 6.45) is 1.98. The summed E-state index contributed by atoms with van der Waals surface area (Å²) in [6, 6.07) is 8.06. The molecule has 0 saturated carbocycles. The first-order valence-electron chi connectivity index (χ1n) is 5.96. The summed E-state index contributed by atoms with van der Waals surface area (Å²) >= 11 is 5.71. The number of nitrogens with two attached hydrogens (primary N) is 1. The molecule has 0 radical (unpaired) electrons. The van der Waals surface area contributed by atoms with Gasteiger partial charge in [-0.2, -0.15) is 0 Å². The second-order valence-electron chi connectivity index (χ2n) is 4.25. The fraction of sp³-hybridized carbons (Fsp3) is 0.538. The molecule has 3 nitrogen and oxygen atoms in total. The van der Waals surface area contributed by atoms with Gasteiger partial charge in [0.25, 0.3) is 0 Å². The van der Waals surface area contributed by atoms with Crippen molar-refractivity contribution in [3.05, 3.63) is 29.8 Å². The fourth-order valence-corrected chi connectivity index (χ4v) is 1.89. The highest BCUT2D eigenvalue weighted by atomic mass is 35.5. The van der Waals surface area contributed by atoms with Gasteiger partial charge in [-0.25, -0.2) is 0 Å². The fourth-order valence-electron chi connectivity index (χ4n) is 1.74. The Bertz CT molecular complexity index is 331. The van der Waals surface area contributed by atoms with Crippen LogP contribution in [0.15, 0.2) is 24.3 Å². The Morgan fingerprint density at radius 1 is 1.35 bits per heavy atom. The summed E-state index contributed by atoms with van der Waals surface area (Å²) in [5, 5.41) is 0. The first-order valence-corrected chi connectivity index (χ1v) is 6.50. The van der Waals surface area contributed by atoms with E-state index in [9.17, 15) is 0 Å². The maximum absolute atomic E-state index is 5.78. The number of nitrogens with one attached hydrogen (secondary N) is 1. The van der Waals surface area contributed by atoms with Gasteiger partial charge >= 0.3 is 0 Å². The van der Waals surface area contributed by atoms with Crippen molar-refractivity contribution in [2.75, 3.05) is 5.88 Å². The van der Waals surface area contributed by atoms with Crippen LogP contribution in [0.25, 0.3) is 0 Å². The Morgan fingerprint density at radius 2 is 2.06 bits per heavy atom. The number of alkyl halides is 1. The quantitative estimate of drug-likeness (QED) is 0.448. The molecule has 0 saturated heterocycles. The summed E-state index contributed by atoms with van der Waals surface area (Å²) in [7, 11) is 0. The molecule has 1 aromatic carbocycles. The minimum atomic E-state index is 0.0868. The van der Waals surface area contributed by atoms with Crippen molar-refractivity contribution in [3.8, 4) is 5.75 Å². The van der Waals surface area contributed by atoms with Gasteiger partial charge in [0.2, 0.25) is 0 Å². The molecule has 0 aliphatic heterocycles. The Hall–Kier alpha value is -0.770. The number of hydrogen-bond acceptors (Lipinski definition) is 3. The van der Waals surface area contributed by atoms with Crippen LogP contribution in [0.1, 0.15) is 38.3 Å². The van der Waals surface area contributed by atoms with Crippen molar-refractivity contribution in [1.82, 2.24) is 5.43 Å². The van der Waals surface area contributed by atoms with E-state index in [1.54, 1.807) is 0 Å². The lowest BCUT2D eigenvalue weighted by Crippen LogP contribution is -2.28. The molecule has 0 heterocycles. The average molecular weight is 257 g/mol. The lowest BCUT2D eigenvalue weighted by Gasteiger charge is -2.20. The Morgan fingerprint density at radius 3 is 2.65 bits per heavy atom. The van der Waals surface area contributed by atoms with Crippen molar-refractivity contribution in [2.45, 2.75) is 38.8 Å². The van der Waals surface area contributed by atoms with E-state index >= 15 is 0 Å². The van der Waals surface area contributed by atoms with E-state index in [0.717, 1.165) is 24.2 Å². The van der Waals surface area contributed by atoms with Gasteiger partial charge in [0.15, 0.2) is 0 Å². The number of ether oxygens (including phenoxy) is 1. The minimum absolute atomic E-state index is 0.0868. The summed E-state index contributed by atoms with van der Waals surface area (Å²) in [5.41, 5.74) is 3.92. The smallest absolute Gasteiger partial charge is 0.124 e. The molecule has 17 heavy (non-hydrogen) atoms. The lowest BCUT2D eigenvalue weighted by atomic mass is 10.0. The average Bonchev–Trinajstić information content (AvgIpc) is 2.31. The summed E-state index contributed by atoms with van der Waals surface area (Å²) in [5.74, 6) is 7.13. The van der Waals surface area contributed by atoms with Gasteiger partial charge in [0.05, 0.1) is 6.10 Å². The Balaban J connectivity index is 2.85. The standard InChI is InChI=1S/C13H21ClN2O/c1-10(2)17-13-8-4-3-6-11(13)12(16-15)7-5-9-14/h3-4,6,8,10,12,16H,5,7,9,15H2,1-2H3. The molecule has 0 aliphatic carbocycles. The van der Waals surface area contributed by atoms with Crippen LogP contribution in [0.3, 0.4) is 0 Å². The Kier molecular flexibility index (Phi) is 6.34. The molecule has 4 heteroatoms. The van der Waals surface area contributed by atoms with Gasteiger partial charge in [0.1, 0.15) is 5.75 Å². The van der Waals surface area contributed by atoms with Gasteiger partial charge in [-0.3, -0.25) is 11.3 Å². The first kappa shape index (κ1) is 14.3. The van der Waals surface area contributed by atoms with E-state index in [1.165, 1.54) is 0 Å². The van der Waals surface area contributed by atoms with E-state index < -0.39 is 0 Å². The molecule has 1 atom stereocenters. The van der Waals surface area contributed by atoms with Crippen LogP contribution in [0.5, 0.6) is 5.75 Å². The lowest BCUT2D eigenvalue weighted by molar-refractivity contribution is 0.237. The third kappa shape index (κ3) is 4.54. The zero-order valence-corrected chi connectivity index (χ0v) is 11.2. The molecule has 1 unspecified atom stereocenters. The van der Waals surface area contributed by atoms with Crippen LogP contribution in [0.2, 0.25) is 0 Å². The van der Waals surface area contributed by atoms with E-state index in [1.807, 2.05) is 38.1 Å². The zero-order valence-electron chi connectivity index (χ0n) is 10.4. The van der Waals surface area contributed by atoms with Crippen LogP contribution in [0.4, 0.5) is 0 Å². The predicted molar refractivity (Wildman–Crippen MR) is 72.2 cm³/mol. The van der Waals surface area contributed by atoms with E-state index in [2.05, 4.69) is 5.43 Å². The second kappa shape index (κ2) is 7.54. The van der Waals surface area contributed by atoms with Gasteiger partial charge in [0, 0.05) is 17.5 Å². The molecular weight excluding hydrogens is 236 g/mol. The predicted octanol–water partition coefficient (Wildman–Crippen LogP) is 3.00. The zero-order chi connectivity index (χ0) is 12.7. The van der Waals surface area contributed by atoms with Crippen molar-refractivity contribution in [3.63, 3.8) is 0 Å². The van der Waals surface area contributed by atoms with Crippen LogP contribution in [-0.4, -0.2) is 12.0 Å².